The molecule has 7 rings (SSSR count). The molecule has 0 unspecified atom stereocenters. The maximum Gasteiger partial charge on any atom is 0.234 e. The lowest BCUT2D eigenvalue weighted by molar-refractivity contribution is -0.205. The van der Waals surface area contributed by atoms with Gasteiger partial charge >= 0.3 is 0 Å². The first-order valence-corrected chi connectivity index (χ1v) is 11.0. The van der Waals surface area contributed by atoms with Crippen LogP contribution in [0.5, 0.6) is 28.7 Å². The quantitative estimate of drug-likeness (QED) is 0.500. The summed E-state index contributed by atoms with van der Waals surface area (Å²) in [4.78, 5) is 26.1. The smallest absolute Gasteiger partial charge is 0.234 e. The third kappa shape index (κ3) is 2.68. The minimum absolute atomic E-state index is 0.00121. The summed E-state index contributed by atoms with van der Waals surface area (Å²) >= 11 is 0. The van der Waals surface area contributed by atoms with Crippen LogP contribution in [-0.2, 0) is 9.53 Å². The van der Waals surface area contributed by atoms with Gasteiger partial charge in [0, 0.05) is 29.9 Å². The van der Waals surface area contributed by atoms with Gasteiger partial charge in [-0.2, -0.15) is 0 Å². The van der Waals surface area contributed by atoms with E-state index >= 15 is 0 Å². The molecule has 2 fully saturated rings. The predicted octanol–water partition coefficient (Wildman–Crippen LogP) is 2.02. The second-order valence-electron chi connectivity index (χ2n) is 9.23. The molecular formula is C25H22O9. The number of aliphatic hydroxyl groups is 1. The molecule has 2 aliphatic heterocycles. The van der Waals surface area contributed by atoms with Gasteiger partial charge < -0.3 is 34.6 Å². The standard InChI is InChI=1S/C25H22O9/c1-32-19-4-10(2-3-15(19)27)21-13-7-12(23-14(21)9-33-25(23,31)24(13)30)18-8-17(29)22-16(28)5-11(26)6-20(22)34-18/h2-7,13-14,18,21,23,26-28,31H,8-9H2,1H3/t13-,14+,18+,21+,23+,25-/m1/s1. The Morgan fingerprint density at radius 3 is 2.65 bits per heavy atom. The number of carbonyl (C=O) groups excluding carboxylic acids is 2. The molecule has 4 N–H and O–H groups in total. The van der Waals surface area contributed by atoms with Crippen LogP contribution in [0.15, 0.2) is 42.0 Å². The van der Waals surface area contributed by atoms with E-state index in [2.05, 4.69) is 0 Å². The Morgan fingerprint density at radius 2 is 1.88 bits per heavy atom. The summed E-state index contributed by atoms with van der Waals surface area (Å²) in [5.74, 6) is -5.20. The first-order chi connectivity index (χ1) is 16.2. The topological polar surface area (TPSA) is 143 Å². The van der Waals surface area contributed by atoms with Crippen LogP contribution >= 0.6 is 0 Å². The van der Waals surface area contributed by atoms with Crippen molar-refractivity contribution in [3.63, 3.8) is 0 Å². The second kappa shape index (κ2) is 6.97. The zero-order valence-corrected chi connectivity index (χ0v) is 18.1. The van der Waals surface area contributed by atoms with Gasteiger partial charge in [0.2, 0.25) is 5.79 Å². The predicted molar refractivity (Wildman–Crippen MR) is 115 cm³/mol. The summed E-state index contributed by atoms with van der Waals surface area (Å²) in [6, 6.07) is 7.25. The molecule has 0 spiro atoms. The Morgan fingerprint density at radius 1 is 1.09 bits per heavy atom. The first-order valence-electron chi connectivity index (χ1n) is 11.0. The van der Waals surface area contributed by atoms with Crippen LogP contribution in [0, 0.1) is 17.8 Å². The van der Waals surface area contributed by atoms with E-state index in [0.717, 1.165) is 11.6 Å². The Labute approximate surface area is 193 Å². The largest absolute Gasteiger partial charge is 0.508 e. The Balaban J connectivity index is 1.43. The van der Waals surface area contributed by atoms with Crippen molar-refractivity contribution in [2.45, 2.75) is 24.2 Å². The molecule has 2 aromatic carbocycles. The number of carbonyl (C=O) groups is 2. The normalized spacial score (nSPS) is 33.4. The monoisotopic (exact) mass is 466 g/mol. The number of rotatable bonds is 3. The molecule has 1 saturated carbocycles. The minimum atomic E-state index is -2.01. The molecule has 2 heterocycles. The van der Waals surface area contributed by atoms with E-state index in [1.54, 1.807) is 18.2 Å². The molecule has 0 radical (unpaired) electrons. The Bertz CT molecular complexity index is 1280. The van der Waals surface area contributed by atoms with Crippen LogP contribution in [0.2, 0.25) is 0 Å². The number of ether oxygens (including phenoxy) is 3. The fourth-order valence-corrected chi connectivity index (χ4v) is 6.14. The van der Waals surface area contributed by atoms with Gasteiger partial charge in [-0.25, -0.2) is 0 Å². The van der Waals surface area contributed by atoms with Crippen LogP contribution < -0.4 is 9.47 Å². The minimum Gasteiger partial charge on any atom is -0.508 e. The molecular weight excluding hydrogens is 444 g/mol. The number of allylic oxidation sites excluding steroid dienone is 1. The number of methoxy groups -OCH3 is 1. The van der Waals surface area contributed by atoms with Crippen molar-refractivity contribution < 1.29 is 44.2 Å². The molecule has 4 bridgehead atoms. The van der Waals surface area contributed by atoms with Gasteiger partial charge in [0.1, 0.15) is 28.9 Å². The Kier molecular flexibility index (Phi) is 4.31. The molecule has 0 aromatic heterocycles. The maximum absolute atomic E-state index is 13.3. The average Bonchev–Trinajstić information content (AvgIpc) is 3.12. The molecule has 9 heteroatoms. The maximum atomic E-state index is 13.3. The zero-order valence-electron chi connectivity index (χ0n) is 18.1. The average molecular weight is 466 g/mol. The van der Waals surface area contributed by atoms with Gasteiger partial charge in [-0.05, 0) is 23.3 Å². The zero-order chi connectivity index (χ0) is 23.9. The number of Topliss-reactive ketones (excluding diaryl/α,β-unsaturated/α-hetero) is 2. The molecule has 176 valence electrons. The molecule has 2 aromatic rings. The van der Waals surface area contributed by atoms with E-state index in [4.69, 9.17) is 14.2 Å². The molecule has 34 heavy (non-hydrogen) atoms. The number of aromatic hydroxyl groups is 3. The molecule has 9 nitrogen and oxygen atoms in total. The van der Waals surface area contributed by atoms with Crippen LogP contribution in [0.25, 0.3) is 0 Å². The highest BCUT2D eigenvalue weighted by atomic mass is 16.6. The highest BCUT2D eigenvalue weighted by Crippen LogP contribution is 2.61. The van der Waals surface area contributed by atoms with E-state index < -0.39 is 29.5 Å². The van der Waals surface area contributed by atoms with E-state index in [0.29, 0.717) is 5.57 Å². The van der Waals surface area contributed by atoms with Crippen LogP contribution in [0.4, 0.5) is 0 Å². The first kappa shape index (κ1) is 21.0. The molecule has 6 atom stereocenters. The SMILES string of the molecule is COc1cc([C@@H]2[C@@H]3CO[C@@]4(O)C(=O)[C@@H]2C=C([C@@H]2CC(=O)c5c(O)cc(O)cc5O2)[C@@H]34)ccc1O. The van der Waals surface area contributed by atoms with Crippen molar-refractivity contribution in [1.82, 2.24) is 0 Å². The number of phenolic OH excluding ortho intramolecular Hbond substituents is 3. The third-order valence-electron chi connectivity index (χ3n) is 7.53. The van der Waals surface area contributed by atoms with Gasteiger partial charge in [0.25, 0.3) is 0 Å². The van der Waals surface area contributed by atoms with E-state index in [9.17, 15) is 30.0 Å². The summed E-state index contributed by atoms with van der Waals surface area (Å²) < 4.78 is 16.9. The van der Waals surface area contributed by atoms with Gasteiger partial charge in [0.05, 0.1) is 26.1 Å². The number of ketones is 2. The molecule has 5 aliphatic rings. The fourth-order valence-electron chi connectivity index (χ4n) is 6.14. The van der Waals surface area contributed by atoms with Crippen molar-refractivity contribution in [3.05, 3.63) is 53.1 Å². The number of hydrogen-bond acceptors (Lipinski definition) is 9. The number of fused-ring (bicyclic) bond motifs is 1. The van der Waals surface area contributed by atoms with Crippen LogP contribution in [0.1, 0.15) is 28.3 Å². The van der Waals surface area contributed by atoms with Crippen LogP contribution in [0.3, 0.4) is 0 Å². The van der Waals surface area contributed by atoms with Crippen molar-refractivity contribution in [2.24, 2.45) is 17.8 Å². The second-order valence-corrected chi connectivity index (χ2v) is 9.23. The summed E-state index contributed by atoms with van der Waals surface area (Å²) in [5.41, 5.74) is 1.36. The molecule has 3 aliphatic carbocycles. The molecule has 1 saturated heterocycles. The van der Waals surface area contributed by atoms with Gasteiger partial charge in [0.15, 0.2) is 23.1 Å². The Hall–Kier alpha value is -3.56. The summed E-state index contributed by atoms with van der Waals surface area (Å²) in [6.45, 7) is 0.132. The fraction of sp³-hybridized carbons (Fsp3) is 0.360. The van der Waals surface area contributed by atoms with E-state index in [1.165, 1.54) is 19.2 Å². The summed E-state index contributed by atoms with van der Waals surface area (Å²) in [6.07, 6.45) is 0.880. The van der Waals surface area contributed by atoms with Crippen molar-refractivity contribution in [2.75, 3.05) is 13.7 Å². The van der Waals surface area contributed by atoms with Crippen LogP contribution in [-0.4, -0.2) is 57.6 Å². The number of benzene rings is 2. The van der Waals surface area contributed by atoms with E-state index in [1.807, 2.05) is 0 Å². The van der Waals surface area contributed by atoms with Gasteiger partial charge in [-0.15, -0.1) is 0 Å². The lowest BCUT2D eigenvalue weighted by atomic mass is 9.55. The lowest BCUT2D eigenvalue weighted by Crippen LogP contribution is -2.59. The van der Waals surface area contributed by atoms with Crippen molar-refractivity contribution >= 4 is 11.6 Å². The third-order valence-corrected chi connectivity index (χ3v) is 7.53. The van der Waals surface area contributed by atoms with Gasteiger partial charge in [-0.3, -0.25) is 9.59 Å². The van der Waals surface area contributed by atoms with E-state index in [-0.39, 0.29) is 65.0 Å². The van der Waals surface area contributed by atoms with Crippen molar-refractivity contribution in [1.29, 1.82) is 0 Å². The summed E-state index contributed by atoms with van der Waals surface area (Å²) in [5, 5.41) is 41.2. The lowest BCUT2D eigenvalue weighted by Gasteiger charge is -2.49. The van der Waals surface area contributed by atoms with Crippen molar-refractivity contribution in [3.8, 4) is 28.7 Å². The highest BCUT2D eigenvalue weighted by Gasteiger charge is 2.68. The van der Waals surface area contributed by atoms with Gasteiger partial charge in [-0.1, -0.05) is 12.1 Å². The summed E-state index contributed by atoms with van der Waals surface area (Å²) in [7, 11) is 1.44. The number of hydrogen-bond donors (Lipinski definition) is 4. The molecule has 0 amide bonds. The highest BCUT2D eigenvalue weighted by molar-refractivity contribution is 6.03. The number of phenols is 3.